The largest absolute Gasteiger partial charge is 0.342 e. The number of aromatic nitrogens is 2. The fourth-order valence-corrected chi connectivity index (χ4v) is 5.37. The Morgan fingerprint density at radius 3 is 2.48 bits per heavy atom. The van der Waals surface area contributed by atoms with Gasteiger partial charge in [-0.25, -0.2) is 0 Å². The molecule has 0 radical (unpaired) electrons. The molecular weight excluding hydrogens is 438 g/mol. The van der Waals surface area contributed by atoms with Crippen molar-refractivity contribution in [2.24, 2.45) is 17.8 Å². The van der Waals surface area contributed by atoms with Gasteiger partial charge in [-0.2, -0.15) is 0 Å². The standard InChI is InChI=1S/C24H31N5O3S/c1-15(2)12-20-26-27-24(33-20)25-22(31)17-8-10-28(11-9-17)23(32)18-13-21(30)29(14-18)19-6-4-16(3)5-7-19/h4-7,15,17-18H,8-14H2,1-3H3,(H,25,27,31). The Morgan fingerprint density at radius 2 is 1.82 bits per heavy atom. The summed E-state index contributed by atoms with van der Waals surface area (Å²) in [5.41, 5.74) is 1.97. The summed E-state index contributed by atoms with van der Waals surface area (Å²) in [6, 6.07) is 7.79. The molecule has 0 saturated carbocycles. The highest BCUT2D eigenvalue weighted by Crippen LogP contribution is 2.29. The minimum atomic E-state index is -0.329. The van der Waals surface area contributed by atoms with Crippen LogP contribution in [0.2, 0.25) is 0 Å². The van der Waals surface area contributed by atoms with Crippen LogP contribution in [-0.2, 0) is 20.8 Å². The summed E-state index contributed by atoms with van der Waals surface area (Å²) in [6.07, 6.45) is 2.30. The Hall–Kier alpha value is -2.81. The summed E-state index contributed by atoms with van der Waals surface area (Å²) >= 11 is 1.42. The highest BCUT2D eigenvalue weighted by atomic mass is 32.1. The second-order valence-corrected chi connectivity index (χ2v) is 10.5. The number of amides is 3. The summed E-state index contributed by atoms with van der Waals surface area (Å²) in [5.74, 6) is -0.0521. The molecule has 2 aliphatic rings. The van der Waals surface area contributed by atoms with Gasteiger partial charge in [0.2, 0.25) is 22.9 Å². The molecule has 1 aromatic heterocycles. The molecule has 4 rings (SSSR count). The van der Waals surface area contributed by atoms with E-state index in [1.165, 1.54) is 11.3 Å². The predicted molar refractivity (Wildman–Crippen MR) is 128 cm³/mol. The van der Waals surface area contributed by atoms with Gasteiger partial charge in [0.25, 0.3) is 0 Å². The predicted octanol–water partition coefficient (Wildman–Crippen LogP) is 3.28. The zero-order chi connectivity index (χ0) is 23.5. The van der Waals surface area contributed by atoms with Gasteiger partial charge in [-0.1, -0.05) is 42.9 Å². The van der Waals surface area contributed by atoms with Gasteiger partial charge < -0.3 is 15.1 Å². The average molecular weight is 470 g/mol. The molecule has 1 N–H and O–H groups in total. The number of benzene rings is 1. The maximum atomic E-state index is 13.1. The van der Waals surface area contributed by atoms with Crippen LogP contribution in [0.1, 0.15) is 43.7 Å². The van der Waals surface area contributed by atoms with Crippen molar-refractivity contribution in [3.63, 3.8) is 0 Å². The minimum Gasteiger partial charge on any atom is -0.342 e. The van der Waals surface area contributed by atoms with E-state index in [0.717, 1.165) is 22.7 Å². The number of nitrogens with zero attached hydrogens (tertiary/aromatic N) is 4. The van der Waals surface area contributed by atoms with Crippen molar-refractivity contribution in [1.82, 2.24) is 15.1 Å². The molecule has 33 heavy (non-hydrogen) atoms. The lowest BCUT2D eigenvalue weighted by Crippen LogP contribution is -2.44. The third-order valence-electron chi connectivity index (χ3n) is 6.28. The Bertz CT molecular complexity index is 1010. The highest BCUT2D eigenvalue weighted by molar-refractivity contribution is 7.15. The molecule has 0 bridgehead atoms. The quantitative estimate of drug-likeness (QED) is 0.701. The molecule has 1 aromatic carbocycles. The summed E-state index contributed by atoms with van der Waals surface area (Å²) < 4.78 is 0. The van der Waals surface area contributed by atoms with Crippen molar-refractivity contribution in [3.05, 3.63) is 34.8 Å². The van der Waals surface area contributed by atoms with Gasteiger partial charge in [0.15, 0.2) is 0 Å². The Balaban J connectivity index is 1.27. The van der Waals surface area contributed by atoms with Gasteiger partial charge in [0.05, 0.1) is 5.92 Å². The third-order valence-corrected chi connectivity index (χ3v) is 7.14. The molecule has 9 heteroatoms. The molecule has 2 fully saturated rings. The smallest absolute Gasteiger partial charge is 0.229 e. The van der Waals surface area contributed by atoms with E-state index in [1.54, 1.807) is 4.90 Å². The maximum Gasteiger partial charge on any atom is 0.229 e. The fraction of sp³-hybridized carbons (Fsp3) is 0.542. The number of anilines is 2. The third kappa shape index (κ3) is 5.58. The number of rotatable bonds is 6. The van der Waals surface area contributed by atoms with Crippen LogP contribution in [-0.4, -0.2) is 52.5 Å². The van der Waals surface area contributed by atoms with Gasteiger partial charge in [0.1, 0.15) is 5.01 Å². The van der Waals surface area contributed by atoms with E-state index in [9.17, 15) is 14.4 Å². The number of nitrogens with one attached hydrogen (secondary N) is 1. The SMILES string of the molecule is Cc1ccc(N2CC(C(=O)N3CCC(C(=O)Nc4nnc(CC(C)C)s4)CC3)CC2=O)cc1. The number of carbonyl (C=O) groups is 3. The number of carbonyl (C=O) groups excluding carboxylic acids is 3. The van der Waals surface area contributed by atoms with Crippen molar-refractivity contribution in [3.8, 4) is 0 Å². The van der Waals surface area contributed by atoms with E-state index >= 15 is 0 Å². The number of likely N-dealkylation sites (tertiary alicyclic amines) is 1. The Kier molecular flexibility index (Phi) is 7.07. The van der Waals surface area contributed by atoms with Crippen LogP contribution in [0.25, 0.3) is 0 Å². The molecule has 0 aliphatic carbocycles. The molecule has 2 aromatic rings. The fourth-order valence-electron chi connectivity index (χ4n) is 4.41. The van der Waals surface area contributed by atoms with E-state index in [2.05, 4.69) is 29.4 Å². The lowest BCUT2D eigenvalue weighted by Gasteiger charge is -2.32. The van der Waals surface area contributed by atoms with Crippen LogP contribution in [0.4, 0.5) is 10.8 Å². The topological polar surface area (TPSA) is 95.5 Å². The zero-order valence-electron chi connectivity index (χ0n) is 19.4. The summed E-state index contributed by atoms with van der Waals surface area (Å²) in [6.45, 7) is 7.72. The van der Waals surface area contributed by atoms with Crippen LogP contribution in [0.15, 0.2) is 24.3 Å². The first-order chi connectivity index (χ1) is 15.8. The van der Waals surface area contributed by atoms with Gasteiger partial charge in [-0.3, -0.25) is 14.4 Å². The monoisotopic (exact) mass is 469 g/mol. The molecule has 3 amide bonds. The Labute approximate surface area is 198 Å². The minimum absolute atomic E-state index is 0.0132. The molecule has 1 atom stereocenters. The first-order valence-electron chi connectivity index (χ1n) is 11.6. The van der Waals surface area contributed by atoms with Crippen LogP contribution < -0.4 is 10.2 Å². The lowest BCUT2D eigenvalue weighted by molar-refractivity contribution is -0.138. The molecule has 8 nitrogen and oxygen atoms in total. The highest BCUT2D eigenvalue weighted by Gasteiger charge is 2.38. The van der Waals surface area contributed by atoms with E-state index in [-0.39, 0.29) is 36.0 Å². The summed E-state index contributed by atoms with van der Waals surface area (Å²) in [7, 11) is 0. The second kappa shape index (κ2) is 9.99. The molecule has 3 heterocycles. The van der Waals surface area contributed by atoms with Crippen LogP contribution >= 0.6 is 11.3 Å². The van der Waals surface area contributed by atoms with E-state index in [0.29, 0.717) is 43.5 Å². The van der Waals surface area contributed by atoms with Crippen LogP contribution in [0, 0.1) is 24.7 Å². The van der Waals surface area contributed by atoms with Crippen LogP contribution in [0.3, 0.4) is 0 Å². The van der Waals surface area contributed by atoms with E-state index in [1.807, 2.05) is 36.1 Å². The Morgan fingerprint density at radius 1 is 1.12 bits per heavy atom. The average Bonchev–Trinajstić information content (AvgIpc) is 3.39. The lowest BCUT2D eigenvalue weighted by atomic mass is 9.94. The van der Waals surface area contributed by atoms with Crippen molar-refractivity contribution >= 4 is 39.9 Å². The van der Waals surface area contributed by atoms with Crippen LogP contribution in [0.5, 0.6) is 0 Å². The number of hydrogen-bond acceptors (Lipinski definition) is 6. The van der Waals surface area contributed by atoms with Crippen molar-refractivity contribution in [1.29, 1.82) is 0 Å². The number of hydrogen-bond donors (Lipinski definition) is 1. The summed E-state index contributed by atoms with van der Waals surface area (Å²) in [5, 5.41) is 12.6. The van der Waals surface area contributed by atoms with E-state index in [4.69, 9.17) is 0 Å². The van der Waals surface area contributed by atoms with E-state index < -0.39 is 0 Å². The molecule has 2 saturated heterocycles. The molecule has 0 spiro atoms. The zero-order valence-corrected chi connectivity index (χ0v) is 20.2. The van der Waals surface area contributed by atoms with Gasteiger partial charge in [-0.05, 0) is 37.8 Å². The molecule has 1 unspecified atom stereocenters. The number of piperidine rings is 1. The number of aryl methyl sites for hydroxylation is 1. The molecule has 176 valence electrons. The molecular formula is C24H31N5O3S. The van der Waals surface area contributed by atoms with Gasteiger partial charge >= 0.3 is 0 Å². The van der Waals surface area contributed by atoms with Crippen molar-refractivity contribution < 1.29 is 14.4 Å². The normalized spacial score (nSPS) is 19.4. The van der Waals surface area contributed by atoms with Gasteiger partial charge in [-0.15, -0.1) is 10.2 Å². The van der Waals surface area contributed by atoms with Crippen molar-refractivity contribution in [2.75, 3.05) is 29.9 Å². The first-order valence-corrected chi connectivity index (χ1v) is 12.4. The first kappa shape index (κ1) is 23.4. The maximum absolute atomic E-state index is 13.1. The second-order valence-electron chi connectivity index (χ2n) is 9.43. The van der Waals surface area contributed by atoms with Crippen molar-refractivity contribution in [2.45, 2.75) is 46.5 Å². The molecule has 2 aliphatic heterocycles. The van der Waals surface area contributed by atoms with Gasteiger partial charge in [0, 0.05) is 44.1 Å². The summed E-state index contributed by atoms with van der Waals surface area (Å²) in [4.78, 5) is 41.8.